The lowest BCUT2D eigenvalue weighted by Crippen LogP contribution is -2.46. The molecule has 0 saturated carbocycles. The first-order valence-corrected chi connectivity index (χ1v) is 10.7. The monoisotopic (exact) mass is 430 g/mol. The summed E-state index contributed by atoms with van der Waals surface area (Å²) in [4.78, 5) is 12.1. The topological polar surface area (TPSA) is 79.6 Å². The highest BCUT2D eigenvalue weighted by molar-refractivity contribution is 7.88. The van der Waals surface area contributed by atoms with Crippen LogP contribution in [0.25, 0.3) is 0 Å². The first-order chi connectivity index (χ1) is 13.5. The molecule has 0 atom stereocenters. The molecule has 1 amide bonds. The summed E-state index contributed by atoms with van der Waals surface area (Å²) < 4.78 is 70.2. The lowest BCUT2D eigenvalue weighted by Gasteiger charge is -2.31. The number of carbonyl (C=O) groups excluding carboxylic acids is 1. The van der Waals surface area contributed by atoms with Crippen molar-refractivity contribution in [1.82, 2.24) is 9.62 Å². The van der Waals surface area contributed by atoms with Crippen LogP contribution in [-0.2, 0) is 22.0 Å². The second-order valence-corrected chi connectivity index (χ2v) is 8.98. The van der Waals surface area contributed by atoms with Gasteiger partial charge in [-0.25, -0.2) is 12.7 Å². The number of amides is 1. The van der Waals surface area contributed by atoms with Crippen LogP contribution >= 0.6 is 0 Å². The fraction of sp³-hybridized carbons (Fsp3) is 0.421. The third-order valence-electron chi connectivity index (χ3n) is 4.75. The summed E-state index contributed by atoms with van der Waals surface area (Å²) in [5, 5.41) is 2.82. The highest BCUT2D eigenvalue weighted by Crippen LogP contribution is 2.30. The van der Waals surface area contributed by atoms with Crippen LogP contribution in [0.5, 0.6) is 0 Å². The number of nitrogens with zero attached hydrogens (tertiary/aromatic N) is 1. The number of hydrogen-bond donors (Lipinski definition) is 1. The van der Waals surface area contributed by atoms with Gasteiger partial charge in [-0.05, 0) is 43.5 Å². The lowest BCUT2D eigenvalue weighted by atomic mass is 10.1. The van der Waals surface area contributed by atoms with Crippen LogP contribution in [0.1, 0.15) is 40.3 Å². The van der Waals surface area contributed by atoms with E-state index in [2.05, 4.69) is 5.32 Å². The molecule has 2 aromatic rings. The fourth-order valence-corrected chi connectivity index (χ4v) is 4.78. The van der Waals surface area contributed by atoms with Crippen LogP contribution in [0, 0.1) is 6.92 Å². The molecule has 3 rings (SSSR count). The lowest BCUT2D eigenvalue weighted by molar-refractivity contribution is -0.137. The normalized spacial score (nSPS) is 16.7. The zero-order valence-electron chi connectivity index (χ0n) is 15.7. The number of halogens is 3. The predicted molar refractivity (Wildman–Crippen MR) is 99.6 cm³/mol. The van der Waals surface area contributed by atoms with E-state index in [1.807, 2.05) is 0 Å². The number of sulfonamides is 1. The summed E-state index contributed by atoms with van der Waals surface area (Å²) in [6.45, 7) is 2.09. The smallest absolute Gasteiger partial charge is 0.416 e. The van der Waals surface area contributed by atoms with Crippen molar-refractivity contribution in [2.75, 3.05) is 13.1 Å². The Morgan fingerprint density at radius 2 is 1.90 bits per heavy atom. The number of hydrogen-bond acceptors (Lipinski definition) is 4. The molecule has 1 N–H and O–H groups in total. The molecular formula is C19H21F3N2O4S. The third-order valence-corrected chi connectivity index (χ3v) is 6.60. The maximum atomic E-state index is 12.8. The van der Waals surface area contributed by atoms with E-state index in [0.717, 1.165) is 12.1 Å². The minimum Gasteiger partial charge on any atom is -0.456 e. The van der Waals surface area contributed by atoms with Gasteiger partial charge in [0.25, 0.3) is 5.91 Å². The third kappa shape index (κ3) is 5.39. The molecule has 1 aromatic heterocycles. The van der Waals surface area contributed by atoms with E-state index < -0.39 is 27.5 Å². The molecule has 29 heavy (non-hydrogen) atoms. The molecule has 1 aliphatic heterocycles. The summed E-state index contributed by atoms with van der Waals surface area (Å²) in [5.41, 5.74) is -0.789. The van der Waals surface area contributed by atoms with E-state index in [0.29, 0.717) is 18.6 Å². The van der Waals surface area contributed by atoms with Crippen LogP contribution in [-0.4, -0.2) is 37.8 Å². The quantitative estimate of drug-likeness (QED) is 0.789. The van der Waals surface area contributed by atoms with E-state index in [1.54, 1.807) is 19.1 Å². The van der Waals surface area contributed by atoms with Crippen LogP contribution in [0.15, 0.2) is 40.8 Å². The summed E-state index contributed by atoms with van der Waals surface area (Å²) in [5.74, 6) is -0.0456. The zero-order chi connectivity index (χ0) is 21.2. The Bertz CT molecular complexity index is 977. The van der Waals surface area contributed by atoms with Gasteiger partial charge >= 0.3 is 6.18 Å². The minimum absolute atomic E-state index is 0.0865. The SMILES string of the molecule is Cc1ccc(C(=O)NC2CCN(S(=O)(=O)Cc3cccc(C(F)(F)F)c3)CC2)o1. The van der Waals surface area contributed by atoms with Gasteiger partial charge in [0, 0.05) is 19.1 Å². The standard InChI is InChI=1S/C19H21F3N2O4S/c1-13-5-6-17(28-13)18(25)23-16-7-9-24(10-8-16)29(26,27)12-14-3-2-4-15(11-14)19(20,21)22/h2-6,11,16H,7-10,12H2,1H3,(H,23,25). The van der Waals surface area contributed by atoms with Crippen LogP contribution < -0.4 is 5.32 Å². The van der Waals surface area contributed by atoms with Crippen molar-refractivity contribution < 1.29 is 30.8 Å². The first-order valence-electron chi connectivity index (χ1n) is 9.06. The molecule has 0 unspecified atom stereocenters. The Morgan fingerprint density at radius 1 is 1.21 bits per heavy atom. The van der Waals surface area contributed by atoms with Crippen molar-refractivity contribution in [2.24, 2.45) is 0 Å². The van der Waals surface area contributed by atoms with Gasteiger partial charge in [-0.2, -0.15) is 13.2 Å². The molecule has 158 valence electrons. The average molecular weight is 430 g/mol. The summed E-state index contributed by atoms with van der Waals surface area (Å²) in [7, 11) is -3.76. The summed E-state index contributed by atoms with van der Waals surface area (Å²) >= 11 is 0. The van der Waals surface area contributed by atoms with E-state index in [1.165, 1.54) is 16.4 Å². The van der Waals surface area contributed by atoms with Gasteiger partial charge in [0.05, 0.1) is 11.3 Å². The largest absolute Gasteiger partial charge is 0.456 e. The average Bonchev–Trinajstić information content (AvgIpc) is 3.08. The number of aryl methyl sites for hydroxylation is 1. The molecule has 0 bridgehead atoms. The fourth-order valence-electron chi connectivity index (χ4n) is 3.23. The number of piperidine rings is 1. The van der Waals surface area contributed by atoms with Crippen molar-refractivity contribution in [1.29, 1.82) is 0 Å². The summed E-state index contributed by atoms with van der Waals surface area (Å²) in [6.07, 6.45) is -3.71. The Kier molecular flexibility index (Phi) is 6.04. The molecule has 6 nitrogen and oxygen atoms in total. The number of carbonyl (C=O) groups is 1. The van der Waals surface area contributed by atoms with Crippen LogP contribution in [0.2, 0.25) is 0 Å². The van der Waals surface area contributed by atoms with Gasteiger partial charge in [-0.3, -0.25) is 4.79 Å². The van der Waals surface area contributed by atoms with Gasteiger partial charge in [0.2, 0.25) is 10.0 Å². The Hall–Kier alpha value is -2.33. The first kappa shape index (κ1) is 21.4. The number of rotatable bonds is 5. The van der Waals surface area contributed by atoms with Crippen molar-refractivity contribution in [3.05, 3.63) is 59.0 Å². The van der Waals surface area contributed by atoms with Crippen molar-refractivity contribution >= 4 is 15.9 Å². The maximum absolute atomic E-state index is 12.8. The van der Waals surface area contributed by atoms with Gasteiger partial charge in [0.1, 0.15) is 5.76 Å². The molecule has 1 fully saturated rings. The molecule has 0 spiro atoms. The molecule has 0 aliphatic carbocycles. The molecular weight excluding hydrogens is 409 g/mol. The van der Waals surface area contributed by atoms with E-state index in [4.69, 9.17) is 4.42 Å². The van der Waals surface area contributed by atoms with Crippen LogP contribution in [0.4, 0.5) is 13.2 Å². The molecule has 0 radical (unpaired) electrons. The second-order valence-electron chi connectivity index (χ2n) is 7.01. The zero-order valence-corrected chi connectivity index (χ0v) is 16.5. The molecule has 1 saturated heterocycles. The molecule has 10 heteroatoms. The Morgan fingerprint density at radius 3 is 2.48 bits per heavy atom. The van der Waals surface area contributed by atoms with Gasteiger partial charge in [-0.1, -0.05) is 18.2 Å². The minimum atomic E-state index is -4.52. The summed E-state index contributed by atoms with van der Waals surface area (Å²) in [6, 6.07) is 7.38. The molecule has 1 aromatic carbocycles. The van der Waals surface area contributed by atoms with Crippen molar-refractivity contribution in [2.45, 2.75) is 37.7 Å². The van der Waals surface area contributed by atoms with Gasteiger partial charge < -0.3 is 9.73 Å². The number of alkyl halides is 3. The van der Waals surface area contributed by atoms with Crippen molar-refractivity contribution in [3.8, 4) is 0 Å². The predicted octanol–water partition coefficient (Wildman–Crippen LogP) is 3.33. The van der Waals surface area contributed by atoms with E-state index in [9.17, 15) is 26.4 Å². The van der Waals surface area contributed by atoms with E-state index in [-0.39, 0.29) is 36.4 Å². The molecule has 2 heterocycles. The van der Waals surface area contributed by atoms with Gasteiger partial charge in [0.15, 0.2) is 5.76 Å². The highest BCUT2D eigenvalue weighted by Gasteiger charge is 2.32. The Balaban J connectivity index is 1.58. The number of nitrogens with one attached hydrogen (secondary N) is 1. The van der Waals surface area contributed by atoms with Gasteiger partial charge in [-0.15, -0.1) is 0 Å². The number of furan rings is 1. The van der Waals surface area contributed by atoms with Crippen molar-refractivity contribution in [3.63, 3.8) is 0 Å². The van der Waals surface area contributed by atoms with E-state index >= 15 is 0 Å². The molecule has 1 aliphatic rings. The maximum Gasteiger partial charge on any atom is 0.416 e. The van der Waals surface area contributed by atoms with Crippen LogP contribution in [0.3, 0.4) is 0 Å². The highest BCUT2D eigenvalue weighted by atomic mass is 32.2. The second kappa shape index (κ2) is 8.19. The Labute approximate surface area is 166 Å². The number of benzene rings is 1.